The van der Waals surface area contributed by atoms with Crippen molar-refractivity contribution in [3.63, 3.8) is 0 Å². The third kappa shape index (κ3) is 4.23. The van der Waals surface area contributed by atoms with Crippen LogP contribution in [0.5, 0.6) is 0 Å². The Kier molecular flexibility index (Phi) is 4.91. The van der Waals surface area contributed by atoms with Gasteiger partial charge >= 0.3 is 0 Å². The third-order valence-electron chi connectivity index (χ3n) is 3.58. The SMILES string of the molecule is Cc1ccc(/C=C/C(=O)NCCc2ccc(-n3cccn3)cc2)o1. The second-order valence-electron chi connectivity index (χ2n) is 5.44. The van der Waals surface area contributed by atoms with Gasteiger partial charge < -0.3 is 9.73 Å². The molecule has 0 unspecified atom stereocenters. The van der Waals surface area contributed by atoms with Crippen LogP contribution in [0.2, 0.25) is 0 Å². The summed E-state index contributed by atoms with van der Waals surface area (Å²) >= 11 is 0. The number of amides is 1. The third-order valence-corrected chi connectivity index (χ3v) is 3.58. The molecule has 1 aromatic carbocycles. The van der Waals surface area contributed by atoms with Gasteiger partial charge in [-0.15, -0.1) is 0 Å². The van der Waals surface area contributed by atoms with Gasteiger partial charge in [-0.1, -0.05) is 12.1 Å². The summed E-state index contributed by atoms with van der Waals surface area (Å²) in [6.07, 6.45) is 7.59. The Bertz CT molecular complexity index is 815. The lowest BCUT2D eigenvalue weighted by atomic mass is 10.1. The van der Waals surface area contributed by atoms with Crippen LogP contribution < -0.4 is 5.32 Å². The van der Waals surface area contributed by atoms with Crippen LogP contribution in [0.25, 0.3) is 11.8 Å². The number of benzene rings is 1. The number of hydrogen-bond donors (Lipinski definition) is 1. The Labute approximate surface area is 140 Å². The highest BCUT2D eigenvalue weighted by Gasteiger charge is 2.00. The van der Waals surface area contributed by atoms with Crippen LogP contribution in [0.15, 0.2) is 65.4 Å². The maximum Gasteiger partial charge on any atom is 0.244 e. The average molecular weight is 321 g/mol. The molecule has 0 saturated heterocycles. The van der Waals surface area contributed by atoms with Crippen LogP contribution in [0.1, 0.15) is 17.1 Å². The second kappa shape index (κ2) is 7.46. The predicted octanol–water partition coefficient (Wildman–Crippen LogP) is 3.15. The molecule has 0 aliphatic rings. The Hall–Kier alpha value is -3.08. The van der Waals surface area contributed by atoms with Gasteiger partial charge in [0.2, 0.25) is 5.91 Å². The minimum Gasteiger partial charge on any atom is -0.462 e. The Morgan fingerprint density at radius 3 is 2.75 bits per heavy atom. The largest absolute Gasteiger partial charge is 0.462 e. The van der Waals surface area contributed by atoms with E-state index in [1.807, 2.05) is 60.3 Å². The van der Waals surface area contributed by atoms with E-state index in [0.717, 1.165) is 23.4 Å². The number of furan rings is 1. The van der Waals surface area contributed by atoms with Crippen LogP contribution in [0.4, 0.5) is 0 Å². The van der Waals surface area contributed by atoms with Gasteiger partial charge in [-0.2, -0.15) is 5.10 Å². The fraction of sp³-hybridized carbons (Fsp3) is 0.158. The molecule has 0 aliphatic carbocycles. The van der Waals surface area contributed by atoms with E-state index in [-0.39, 0.29) is 5.91 Å². The van der Waals surface area contributed by atoms with Gasteiger partial charge in [-0.25, -0.2) is 4.68 Å². The quantitative estimate of drug-likeness (QED) is 0.710. The number of aryl methyl sites for hydroxylation is 1. The summed E-state index contributed by atoms with van der Waals surface area (Å²) in [6.45, 7) is 2.45. The number of nitrogens with zero attached hydrogens (tertiary/aromatic N) is 2. The van der Waals surface area contributed by atoms with Crippen molar-refractivity contribution in [2.24, 2.45) is 0 Å². The zero-order chi connectivity index (χ0) is 16.8. The topological polar surface area (TPSA) is 60.1 Å². The summed E-state index contributed by atoms with van der Waals surface area (Å²) in [4.78, 5) is 11.8. The van der Waals surface area contributed by atoms with Crippen molar-refractivity contribution in [3.8, 4) is 5.69 Å². The van der Waals surface area contributed by atoms with Crippen LogP contribution in [0, 0.1) is 6.92 Å². The van der Waals surface area contributed by atoms with E-state index in [1.54, 1.807) is 12.3 Å². The molecule has 5 nitrogen and oxygen atoms in total. The molecule has 2 heterocycles. The number of carbonyl (C=O) groups excluding carboxylic acids is 1. The van der Waals surface area contributed by atoms with Crippen molar-refractivity contribution in [1.29, 1.82) is 0 Å². The standard InChI is InChI=1S/C19H19N3O2/c1-15-3-8-18(24-15)9-10-19(23)20-13-11-16-4-6-17(7-5-16)22-14-2-12-21-22/h2-10,12,14H,11,13H2,1H3,(H,20,23)/b10-9+. The average Bonchev–Trinajstić information content (AvgIpc) is 3.25. The molecular formula is C19H19N3O2. The van der Waals surface area contributed by atoms with Gasteiger partial charge in [0.25, 0.3) is 0 Å². The number of carbonyl (C=O) groups is 1. The molecule has 0 fully saturated rings. The fourth-order valence-electron chi connectivity index (χ4n) is 2.33. The van der Waals surface area contributed by atoms with Crippen LogP contribution in [-0.4, -0.2) is 22.2 Å². The molecule has 5 heteroatoms. The first-order valence-corrected chi connectivity index (χ1v) is 7.82. The molecule has 1 amide bonds. The molecule has 122 valence electrons. The number of rotatable bonds is 6. The van der Waals surface area contributed by atoms with Crippen LogP contribution >= 0.6 is 0 Å². The minimum atomic E-state index is -0.128. The second-order valence-corrected chi connectivity index (χ2v) is 5.44. The van der Waals surface area contributed by atoms with E-state index in [4.69, 9.17) is 4.42 Å². The van der Waals surface area contributed by atoms with Crippen molar-refractivity contribution in [1.82, 2.24) is 15.1 Å². The highest BCUT2D eigenvalue weighted by atomic mass is 16.3. The molecule has 0 atom stereocenters. The minimum absolute atomic E-state index is 0.128. The molecule has 0 aliphatic heterocycles. The lowest BCUT2D eigenvalue weighted by molar-refractivity contribution is -0.116. The van der Waals surface area contributed by atoms with E-state index in [2.05, 4.69) is 10.4 Å². The molecule has 0 saturated carbocycles. The lowest BCUT2D eigenvalue weighted by Crippen LogP contribution is -2.23. The van der Waals surface area contributed by atoms with E-state index in [9.17, 15) is 4.79 Å². The molecule has 1 N–H and O–H groups in total. The lowest BCUT2D eigenvalue weighted by Gasteiger charge is -2.05. The van der Waals surface area contributed by atoms with E-state index in [0.29, 0.717) is 12.3 Å². The summed E-state index contributed by atoms with van der Waals surface area (Å²) in [5.74, 6) is 1.38. The van der Waals surface area contributed by atoms with Crippen molar-refractivity contribution in [2.45, 2.75) is 13.3 Å². The summed E-state index contributed by atoms with van der Waals surface area (Å²) in [5.41, 5.74) is 2.18. The maximum absolute atomic E-state index is 11.8. The number of nitrogens with one attached hydrogen (secondary N) is 1. The molecular weight excluding hydrogens is 302 g/mol. The highest BCUT2D eigenvalue weighted by Crippen LogP contribution is 2.09. The van der Waals surface area contributed by atoms with Crippen LogP contribution in [-0.2, 0) is 11.2 Å². The molecule has 0 radical (unpaired) electrons. The Morgan fingerprint density at radius 1 is 1.25 bits per heavy atom. The Balaban J connectivity index is 1.46. The predicted molar refractivity (Wildman–Crippen MR) is 92.8 cm³/mol. The summed E-state index contributed by atoms with van der Waals surface area (Å²) < 4.78 is 7.19. The van der Waals surface area contributed by atoms with Crippen molar-refractivity contribution in [3.05, 3.63) is 78.0 Å². The first-order valence-electron chi connectivity index (χ1n) is 7.82. The van der Waals surface area contributed by atoms with E-state index >= 15 is 0 Å². The molecule has 24 heavy (non-hydrogen) atoms. The maximum atomic E-state index is 11.8. The fourth-order valence-corrected chi connectivity index (χ4v) is 2.33. The van der Waals surface area contributed by atoms with Crippen molar-refractivity contribution < 1.29 is 9.21 Å². The Morgan fingerprint density at radius 2 is 2.08 bits per heavy atom. The molecule has 0 spiro atoms. The van der Waals surface area contributed by atoms with E-state index in [1.165, 1.54) is 6.08 Å². The summed E-state index contributed by atoms with van der Waals surface area (Å²) in [7, 11) is 0. The molecule has 3 aromatic rings. The van der Waals surface area contributed by atoms with Crippen molar-refractivity contribution in [2.75, 3.05) is 6.54 Å². The highest BCUT2D eigenvalue weighted by molar-refractivity contribution is 5.91. The first kappa shape index (κ1) is 15.8. The smallest absolute Gasteiger partial charge is 0.244 e. The van der Waals surface area contributed by atoms with Gasteiger partial charge in [0.1, 0.15) is 11.5 Å². The number of aromatic nitrogens is 2. The van der Waals surface area contributed by atoms with Crippen molar-refractivity contribution >= 4 is 12.0 Å². The first-order chi connectivity index (χ1) is 11.7. The monoisotopic (exact) mass is 321 g/mol. The number of hydrogen-bond acceptors (Lipinski definition) is 3. The normalized spacial score (nSPS) is 11.0. The van der Waals surface area contributed by atoms with E-state index < -0.39 is 0 Å². The van der Waals surface area contributed by atoms with Gasteiger partial charge in [0.05, 0.1) is 5.69 Å². The molecule has 2 aromatic heterocycles. The van der Waals surface area contributed by atoms with Gasteiger partial charge in [-0.05, 0) is 55.3 Å². The van der Waals surface area contributed by atoms with Gasteiger partial charge in [0, 0.05) is 25.0 Å². The zero-order valence-electron chi connectivity index (χ0n) is 13.5. The summed E-state index contributed by atoms with van der Waals surface area (Å²) in [5, 5.41) is 7.06. The zero-order valence-corrected chi connectivity index (χ0v) is 13.5. The molecule has 0 bridgehead atoms. The van der Waals surface area contributed by atoms with Gasteiger partial charge in [-0.3, -0.25) is 4.79 Å². The van der Waals surface area contributed by atoms with Crippen LogP contribution in [0.3, 0.4) is 0 Å². The summed E-state index contributed by atoms with van der Waals surface area (Å²) in [6, 6.07) is 13.7. The van der Waals surface area contributed by atoms with Gasteiger partial charge in [0.15, 0.2) is 0 Å². The molecule has 3 rings (SSSR count).